The molecule has 3 heteroatoms. The van der Waals surface area contributed by atoms with Crippen LogP contribution in [0.5, 0.6) is 0 Å². The van der Waals surface area contributed by atoms with Gasteiger partial charge in [-0.25, -0.2) is 0 Å². The number of carbonyl (C=O) groups is 1. The maximum atomic E-state index is 12.0. The first-order valence-corrected chi connectivity index (χ1v) is 6.86. The molecule has 0 aromatic rings. The SMILES string of the molecule is CN(C(=O)CCCC(C)(C)C)C1CCNCC1. The van der Waals surface area contributed by atoms with E-state index in [4.69, 9.17) is 0 Å². The van der Waals surface area contributed by atoms with Gasteiger partial charge in [0.25, 0.3) is 0 Å². The molecule has 0 radical (unpaired) electrons. The summed E-state index contributed by atoms with van der Waals surface area (Å²) in [5, 5.41) is 3.33. The van der Waals surface area contributed by atoms with Crippen molar-refractivity contribution in [2.45, 2.75) is 58.9 Å². The third kappa shape index (κ3) is 5.53. The Labute approximate surface area is 106 Å². The van der Waals surface area contributed by atoms with E-state index in [2.05, 4.69) is 26.1 Å². The fourth-order valence-corrected chi connectivity index (χ4v) is 2.34. The predicted octanol–water partition coefficient (Wildman–Crippen LogP) is 2.41. The van der Waals surface area contributed by atoms with Crippen LogP contribution in [0.4, 0.5) is 0 Å². The number of carbonyl (C=O) groups excluding carboxylic acids is 1. The molecule has 1 aliphatic heterocycles. The molecule has 1 N–H and O–H groups in total. The van der Waals surface area contributed by atoms with Gasteiger partial charge in [-0.2, -0.15) is 0 Å². The summed E-state index contributed by atoms with van der Waals surface area (Å²) >= 11 is 0. The Balaban J connectivity index is 2.26. The molecule has 17 heavy (non-hydrogen) atoms. The van der Waals surface area contributed by atoms with Crippen molar-refractivity contribution in [2.75, 3.05) is 20.1 Å². The smallest absolute Gasteiger partial charge is 0.222 e. The van der Waals surface area contributed by atoms with Crippen LogP contribution in [-0.4, -0.2) is 37.0 Å². The number of nitrogens with zero attached hydrogens (tertiary/aromatic N) is 1. The minimum absolute atomic E-state index is 0.321. The molecule has 0 saturated carbocycles. The molecule has 0 aromatic carbocycles. The lowest BCUT2D eigenvalue weighted by molar-refractivity contribution is -0.132. The van der Waals surface area contributed by atoms with Crippen LogP contribution in [-0.2, 0) is 4.79 Å². The zero-order valence-electron chi connectivity index (χ0n) is 11.9. The molecule has 0 unspecified atom stereocenters. The van der Waals surface area contributed by atoms with E-state index < -0.39 is 0 Å². The highest BCUT2D eigenvalue weighted by Gasteiger charge is 2.21. The van der Waals surface area contributed by atoms with Crippen molar-refractivity contribution in [2.24, 2.45) is 5.41 Å². The molecule has 0 aromatic heterocycles. The van der Waals surface area contributed by atoms with Gasteiger partial charge in [-0.3, -0.25) is 4.79 Å². The van der Waals surface area contributed by atoms with Gasteiger partial charge in [0.05, 0.1) is 0 Å². The molecule has 1 heterocycles. The molecular formula is C14H28N2O. The van der Waals surface area contributed by atoms with E-state index in [1.807, 2.05) is 11.9 Å². The van der Waals surface area contributed by atoms with E-state index in [9.17, 15) is 4.79 Å². The van der Waals surface area contributed by atoms with Gasteiger partial charge in [0.15, 0.2) is 0 Å². The van der Waals surface area contributed by atoms with Crippen LogP contribution in [0.15, 0.2) is 0 Å². The summed E-state index contributed by atoms with van der Waals surface area (Å²) in [6.07, 6.45) is 5.04. The monoisotopic (exact) mass is 240 g/mol. The summed E-state index contributed by atoms with van der Waals surface area (Å²) in [5.74, 6) is 0.321. The Morgan fingerprint density at radius 3 is 2.41 bits per heavy atom. The lowest BCUT2D eigenvalue weighted by atomic mass is 9.90. The first-order valence-electron chi connectivity index (χ1n) is 6.86. The molecule has 0 aliphatic carbocycles. The van der Waals surface area contributed by atoms with Gasteiger partial charge >= 0.3 is 0 Å². The predicted molar refractivity (Wildman–Crippen MR) is 72.0 cm³/mol. The molecule has 0 atom stereocenters. The normalized spacial score (nSPS) is 18.1. The van der Waals surface area contributed by atoms with Gasteiger partial charge in [-0.1, -0.05) is 20.8 Å². The van der Waals surface area contributed by atoms with E-state index >= 15 is 0 Å². The standard InChI is InChI=1S/C14H28N2O/c1-14(2,3)9-5-6-13(17)16(4)12-7-10-15-11-8-12/h12,15H,5-11H2,1-4H3. The van der Waals surface area contributed by atoms with E-state index in [-0.39, 0.29) is 0 Å². The molecule has 1 fully saturated rings. The summed E-state index contributed by atoms with van der Waals surface area (Å²) < 4.78 is 0. The lowest BCUT2D eigenvalue weighted by Crippen LogP contribution is -2.43. The van der Waals surface area contributed by atoms with Gasteiger partial charge in [0.1, 0.15) is 0 Å². The molecule has 1 amide bonds. The minimum atomic E-state index is 0.321. The number of rotatable bonds is 4. The largest absolute Gasteiger partial charge is 0.343 e. The van der Waals surface area contributed by atoms with Crippen molar-refractivity contribution < 1.29 is 4.79 Å². The van der Waals surface area contributed by atoms with Crippen LogP contribution in [0.25, 0.3) is 0 Å². The van der Waals surface area contributed by atoms with Gasteiger partial charge in [0, 0.05) is 19.5 Å². The van der Waals surface area contributed by atoms with Crippen molar-refractivity contribution in [3.8, 4) is 0 Å². The molecule has 1 aliphatic rings. The Bertz CT molecular complexity index is 239. The quantitative estimate of drug-likeness (QED) is 0.818. The summed E-state index contributed by atoms with van der Waals surface area (Å²) in [6, 6.07) is 0.457. The van der Waals surface area contributed by atoms with Crippen LogP contribution in [0.1, 0.15) is 52.9 Å². The van der Waals surface area contributed by atoms with Crippen LogP contribution in [0.3, 0.4) is 0 Å². The molecular weight excluding hydrogens is 212 g/mol. The Morgan fingerprint density at radius 1 is 1.29 bits per heavy atom. The van der Waals surface area contributed by atoms with Gasteiger partial charge in [-0.15, -0.1) is 0 Å². The van der Waals surface area contributed by atoms with Crippen molar-refractivity contribution >= 4 is 5.91 Å². The zero-order chi connectivity index (χ0) is 12.9. The first kappa shape index (κ1) is 14.5. The second-order valence-electron chi connectivity index (χ2n) is 6.40. The Kier molecular flexibility index (Phi) is 5.44. The maximum Gasteiger partial charge on any atom is 0.222 e. The van der Waals surface area contributed by atoms with Crippen LogP contribution >= 0.6 is 0 Å². The van der Waals surface area contributed by atoms with E-state index in [1.54, 1.807) is 0 Å². The molecule has 1 saturated heterocycles. The number of hydrogen-bond donors (Lipinski definition) is 1. The summed E-state index contributed by atoms with van der Waals surface area (Å²) in [5.41, 5.74) is 0.341. The molecule has 0 spiro atoms. The topological polar surface area (TPSA) is 32.3 Å². The lowest BCUT2D eigenvalue weighted by Gasteiger charge is -2.32. The Morgan fingerprint density at radius 2 is 1.88 bits per heavy atom. The first-order chi connectivity index (χ1) is 7.90. The van der Waals surface area contributed by atoms with Gasteiger partial charge < -0.3 is 10.2 Å². The van der Waals surface area contributed by atoms with E-state index in [0.29, 0.717) is 23.8 Å². The van der Waals surface area contributed by atoms with E-state index in [1.165, 1.54) is 0 Å². The third-order valence-electron chi connectivity index (χ3n) is 3.57. The minimum Gasteiger partial charge on any atom is -0.343 e. The van der Waals surface area contributed by atoms with Crippen LogP contribution in [0, 0.1) is 5.41 Å². The van der Waals surface area contributed by atoms with Gasteiger partial charge in [0.2, 0.25) is 5.91 Å². The molecule has 3 nitrogen and oxygen atoms in total. The molecule has 100 valence electrons. The highest BCUT2D eigenvalue weighted by molar-refractivity contribution is 5.76. The second-order valence-corrected chi connectivity index (χ2v) is 6.40. The Hall–Kier alpha value is -0.570. The van der Waals surface area contributed by atoms with Crippen molar-refractivity contribution in [3.05, 3.63) is 0 Å². The summed E-state index contributed by atoms with van der Waals surface area (Å²) in [6.45, 7) is 8.78. The highest BCUT2D eigenvalue weighted by Crippen LogP contribution is 2.22. The second kappa shape index (κ2) is 6.39. The molecule has 1 rings (SSSR count). The molecule has 0 bridgehead atoms. The van der Waals surface area contributed by atoms with Gasteiger partial charge in [-0.05, 0) is 44.2 Å². The van der Waals surface area contributed by atoms with Crippen LogP contribution < -0.4 is 5.32 Å². The maximum absolute atomic E-state index is 12.0. The average Bonchev–Trinajstić information content (AvgIpc) is 2.27. The van der Waals surface area contributed by atoms with Crippen molar-refractivity contribution in [3.63, 3.8) is 0 Å². The van der Waals surface area contributed by atoms with Crippen molar-refractivity contribution in [1.82, 2.24) is 10.2 Å². The third-order valence-corrected chi connectivity index (χ3v) is 3.57. The number of amides is 1. The van der Waals surface area contributed by atoms with Crippen LogP contribution in [0.2, 0.25) is 0 Å². The highest BCUT2D eigenvalue weighted by atomic mass is 16.2. The number of nitrogens with one attached hydrogen (secondary N) is 1. The summed E-state index contributed by atoms with van der Waals surface area (Å²) in [7, 11) is 1.97. The van der Waals surface area contributed by atoms with Crippen molar-refractivity contribution in [1.29, 1.82) is 0 Å². The fourth-order valence-electron chi connectivity index (χ4n) is 2.34. The summed E-state index contributed by atoms with van der Waals surface area (Å²) in [4.78, 5) is 14.0. The number of piperidine rings is 1. The van der Waals surface area contributed by atoms with E-state index in [0.717, 1.165) is 38.8 Å². The fraction of sp³-hybridized carbons (Fsp3) is 0.929. The average molecular weight is 240 g/mol. The zero-order valence-corrected chi connectivity index (χ0v) is 11.9. The number of hydrogen-bond acceptors (Lipinski definition) is 2.